The van der Waals surface area contributed by atoms with E-state index in [1.54, 1.807) is 0 Å². The van der Waals surface area contributed by atoms with Crippen molar-refractivity contribution in [3.8, 4) is 0 Å². The molecule has 4 rings (SSSR count). The van der Waals surface area contributed by atoms with E-state index in [-0.39, 0.29) is 11.4 Å². The summed E-state index contributed by atoms with van der Waals surface area (Å²) in [4.78, 5) is 19.8. The highest BCUT2D eigenvalue weighted by Crippen LogP contribution is 2.27. The van der Waals surface area contributed by atoms with E-state index in [1.165, 1.54) is 11.8 Å². The van der Waals surface area contributed by atoms with Crippen LogP contribution in [-0.2, 0) is 10.5 Å². The predicted octanol–water partition coefficient (Wildman–Crippen LogP) is 3.96. The first-order chi connectivity index (χ1) is 14.5. The van der Waals surface area contributed by atoms with Crippen LogP contribution in [-0.4, -0.2) is 54.2 Å². The molecular formula is C23H27N3O3S. The molecule has 0 saturated carbocycles. The molecule has 1 aliphatic rings. The van der Waals surface area contributed by atoms with Crippen molar-refractivity contribution in [2.75, 3.05) is 32.8 Å². The molecule has 0 aliphatic carbocycles. The third kappa shape index (κ3) is 4.86. The molecule has 1 amide bonds. The molecular weight excluding hydrogens is 398 g/mol. The van der Waals surface area contributed by atoms with Crippen molar-refractivity contribution in [2.45, 2.75) is 30.4 Å². The van der Waals surface area contributed by atoms with Gasteiger partial charge in [0.15, 0.2) is 5.58 Å². The van der Waals surface area contributed by atoms with Gasteiger partial charge < -0.3 is 14.5 Å². The number of carbonyl (C=O) groups is 1. The fourth-order valence-electron chi connectivity index (χ4n) is 3.59. The van der Waals surface area contributed by atoms with Crippen LogP contribution in [0.3, 0.4) is 0 Å². The van der Waals surface area contributed by atoms with Crippen LogP contribution in [0.15, 0.2) is 58.2 Å². The van der Waals surface area contributed by atoms with Gasteiger partial charge in [-0.05, 0) is 37.6 Å². The zero-order valence-electron chi connectivity index (χ0n) is 17.4. The number of nitrogens with one attached hydrogen (secondary N) is 1. The van der Waals surface area contributed by atoms with Crippen molar-refractivity contribution in [1.29, 1.82) is 0 Å². The Bertz CT molecular complexity index is 979. The van der Waals surface area contributed by atoms with E-state index in [0.717, 1.165) is 43.0 Å². The lowest BCUT2D eigenvalue weighted by Crippen LogP contribution is -2.55. The summed E-state index contributed by atoms with van der Waals surface area (Å²) in [5, 5.41) is 3.74. The molecule has 6 nitrogen and oxygen atoms in total. The molecule has 3 aromatic rings. The topological polar surface area (TPSA) is 67.6 Å². The van der Waals surface area contributed by atoms with Gasteiger partial charge in [0.25, 0.3) is 11.1 Å². The Morgan fingerprint density at radius 3 is 2.67 bits per heavy atom. The number of amides is 1. The molecule has 7 heteroatoms. The van der Waals surface area contributed by atoms with Crippen molar-refractivity contribution < 1.29 is 13.9 Å². The predicted molar refractivity (Wildman–Crippen MR) is 119 cm³/mol. The highest BCUT2D eigenvalue weighted by Gasteiger charge is 2.29. The molecule has 0 bridgehead atoms. The molecule has 2 heterocycles. The van der Waals surface area contributed by atoms with Gasteiger partial charge in [0, 0.05) is 36.5 Å². The molecule has 0 spiro atoms. The Labute approximate surface area is 181 Å². The molecule has 1 aromatic heterocycles. The van der Waals surface area contributed by atoms with Gasteiger partial charge in [-0.15, -0.1) is 0 Å². The summed E-state index contributed by atoms with van der Waals surface area (Å²) in [5.74, 6) is 0.564. The Morgan fingerprint density at radius 1 is 1.13 bits per heavy atom. The molecule has 1 fully saturated rings. The molecule has 0 atom stereocenters. The van der Waals surface area contributed by atoms with Crippen LogP contribution in [0.2, 0.25) is 0 Å². The van der Waals surface area contributed by atoms with Crippen LogP contribution in [0.1, 0.15) is 29.8 Å². The number of oxazole rings is 1. The summed E-state index contributed by atoms with van der Waals surface area (Å²) in [7, 11) is 0. The number of thioether (sulfide) groups is 1. The molecule has 1 aliphatic heterocycles. The van der Waals surface area contributed by atoms with E-state index < -0.39 is 0 Å². The number of aromatic nitrogens is 1. The van der Waals surface area contributed by atoms with Crippen LogP contribution in [0.4, 0.5) is 0 Å². The average molecular weight is 426 g/mol. The van der Waals surface area contributed by atoms with Crippen LogP contribution in [0.25, 0.3) is 11.1 Å². The number of para-hydroxylation sites is 2. The second-order valence-corrected chi connectivity index (χ2v) is 8.91. The zero-order chi connectivity index (χ0) is 21.0. The first kappa shape index (κ1) is 20.9. The van der Waals surface area contributed by atoms with Crippen LogP contribution >= 0.6 is 11.8 Å². The fourth-order valence-corrected chi connectivity index (χ4v) is 4.43. The van der Waals surface area contributed by atoms with Gasteiger partial charge in [-0.1, -0.05) is 42.1 Å². The van der Waals surface area contributed by atoms with E-state index in [4.69, 9.17) is 9.15 Å². The van der Waals surface area contributed by atoms with E-state index in [1.807, 2.05) is 48.5 Å². The SMILES string of the molecule is CC(C)(CNC(=O)c1ccccc1CSc1nc2ccccc2o1)N1CCOCC1. The van der Waals surface area contributed by atoms with Gasteiger partial charge in [-0.2, -0.15) is 0 Å². The number of rotatable bonds is 7. The van der Waals surface area contributed by atoms with Gasteiger partial charge in [-0.3, -0.25) is 9.69 Å². The molecule has 0 unspecified atom stereocenters. The van der Waals surface area contributed by atoms with E-state index in [0.29, 0.717) is 23.1 Å². The lowest BCUT2D eigenvalue weighted by Gasteiger charge is -2.40. The molecule has 158 valence electrons. The quantitative estimate of drug-likeness (QED) is 0.578. The smallest absolute Gasteiger partial charge is 0.257 e. The molecule has 1 saturated heterocycles. The van der Waals surface area contributed by atoms with Crippen molar-refractivity contribution in [1.82, 2.24) is 15.2 Å². The van der Waals surface area contributed by atoms with Gasteiger partial charge in [0.2, 0.25) is 0 Å². The number of benzene rings is 2. The van der Waals surface area contributed by atoms with Crippen molar-refractivity contribution >= 4 is 28.8 Å². The zero-order valence-corrected chi connectivity index (χ0v) is 18.2. The number of fused-ring (bicyclic) bond motifs is 1. The second kappa shape index (κ2) is 9.20. The van der Waals surface area contributed by atoms with Gasteiger partial charge in [-0.25, -0.2) is 4.98 Å². The Hall–Kier alpha value is -2.35. The lowest BCUT2D eigenvalue weighted by atomic mass is 10.0. The Morgan fingerprint density at radius 2 is 1.87 bits per heavy atom. The number of carbonyl (C=O) groups excluding carboxylic acids is 1. The van der Waals surface area contributed by atoms with Crippen LogP contribution in [0.5, 0.6) is 0 Å². The van der Waals surface area contributed by atoms with Crippen LogP contribution in [0, 0.1) is 0 Å². The lowest BCUT2D eigenvalue weighted by molar-refractivity contribution is -0.00923. The second-order valence-electron chi connectivity index (χ2n) is 7.99. The summed E-state index contributed by atoms with van der Waals surface area (Å²) in [5.41, 5.74) is 3.15. The fraction of sp³-hybridized carbons (Fsp3) is 0.391. The van der Waals surface area contributed by atoms with Gasteiger partial charge >= 0.3 is 0 Å². The minimum Gasteiger partial charge on any atom is -0.431 e. The highest BCUT2D eigenvalue weighted by molar-refractivity contribution is 7.98. The summed E-state index contributed by atoms with van der Waals surface area (Å²) in [6.07, 6.45) is 0. The number of morpholine rings is 1. The minimum atomic E-state index is -0.124. The molecule has 2 aromatic carbocycles. The van der Waals surface area contributed by atoms with Crippen molar-refractivity contribution in [3.05, 3.63) is 59.7 Å². The monoisotopic (exact) mass is 425 g/mol. The van der Waals surface area contributed by atoms with E-state index >= 15 is 0 Å². The summed E-state index contributed by atoms with van der Waals surface area (Å²) < 4.78 is 11.2. The van der Waals surface area contributed by atoms with Gasteiger partial charge in [0.05, 0.1) is 13.2 Å². The van der Waals surface area contributed by atoms with Crippen LogP contribution < -0.4 is 5.32 Å². The number of hydrogen-bond donors (Lipinski definition) is 1. The largest absolute Gasteiger partial charge is 0.431 e. The van der Waals surface area contributed by atoms with E-state index in [2.05, 4.69) is 29.0 Å². The maximum Gasteiger partial charge on any atom is 0.257 e. The summed E-state index contributed by atoms with van der Waals surface area (Å²) in [6.45, 7) is 8.17. The normalized spacial score (nSPS) is 15.4. The highest BCUT2D eigenvalue weighted by atomic mass is 32.2. The minimum absolute atomic E-state index is 0.0508. The number of nitrogens with zero attached hydrogens (tertiary/aromatic N) is 2. The van der Waals surface area contributed by atoms with Gasteiger partial charge in [0.1, 0.15) is 5.52 Å². The summed E-state index contributed by atoms with van der Waals surface area (Å²) >= 11 is 1.50. The average Bonchev–Trinajstić information content (AvgIpc) is 3.20. The number of hydrogen-bond acceptors (Lipinski definition) is 6. The summed E-state index contributed by atoms with van der Waals surface area (Å²) in [6, 6.07) is 15.4. The maximum absolute atomic E-state index is 12.9. The molecule has 30 heavy (non-hydrogen) atoms. The molecule has 0 radical (unpaired) electrons. The number of ether oxygens (including phenoxy) is 1. The Kier molecular flexibility index (Phi) is 6.41. The third-order valence-corrected chi connectivity index (χ3v) is 6.31. The standard InChI is InChI=1S/C23H27N3O3S/c1-23(2,26-11-13-28-14-12-26)16-24-21(27)18-8-4-3-7-17(18)15-30-22-25-19-9-5-6-10-20(19)29-22/h3-10H,11-16H2,1-2H3,(H,24,27). The first-order valence-corrected chi connectivity index (χ1v) is 11.2. The van der Waals surface area contributed by atoms with E-state index in [9.17, 15) is 4.79 Å². The molecule has 1 N–H and O–H groups in total. The maximum atomic E-state index is 12.9. The Balaban J connectivity index is 1.40. The third-order valence-electron chi connectivity index (χ3n) is 5.44. The van der Waals surface area contributed by atoms with Crippen molar-refractivity contribution in [2.24, 2.45) is 0 Å². The van der Waals surface area contributed by atoms with Crippen molar-refractivity contribution in [3.63, 3.8) is 0 Å². The first-order valence-electron chi connectivity index (χ1n) is 10.2.